The van der Waals surface area contributed by atoms with Gasteiger partial charge in [0, 0.05) is 37.7 Å². The number of carbonyl (C=O) groups excluding carboxylic acids is 1. The lowest BCUT2D eigenvalue weighted by molar-refractivity contribution is -0.170. The number of hydrogen-bond donors (Lipinski definition) is 6. The number of fused-ring (bicyclic) bond motifs is 2. The van der Waals surface area contributed by atoms with Crippen LogP contribution in [0.5, 0.6) is 5.75 Å². The summed E-state index contributed by atoms with van der Waals surface area (Å²) in [5, 5.41) is 53.9. The van der Waals surface area contributed by atoms with Crippen molar-refractivity contribution in [2.24, 2.45) is 5.92 Å². The lowest BCUT2D eigenvalue weighted by atomic mass is 9.83. The van der Waals surface area contributed by atoms with E-state index in [0.717, 1.165) is 31.5 Å². The van der Waals surface area contributed by atoms with Gasteiger partial charge in [0.2, 0.25) is 5.91 Å². The molecule has 3 aliphatic heterocycles. The van der Waals surface area contributed by atoms with E-state index in [1.165, 1.54) is 11.1 Å². The van der Waals surface area contributed by atoms with Crippen molar-refractivity contribution in [2.75, 3.05) is 32.7 Å². The Bertz CT molecular complexity index is 1400. The molecular formula is C31H37ClN2O11. The fourth-order valence-corrected chi connectivity index (χ4v) is 6.22. The standard InChI is InChI=1S/C25H29ClN2O4.C6H8O7/c26-23-6-5-20(29)12-18(23)11-19(24(31)28-14-21(30)15-28)13-27-9-7-25(8-10-27)22-4-2-1-3-17(22)16-32-25;7-3(8)1-6(13,5(11)12)2-4(9)10/h1-6,12,19,21,29-30H,7-11,13-16H2;13H,1-2H2,(H,7,8)(H,9,10)(H,11,12). The molecule has 1 amide bonds. The van der Waals surface area contributed by atoms with Gasteiger partial charge >= 0.3 is 17.9 Å². The number of phenols is 1. The van der Waals surface area contributed by atoms with E-state index in [1.807, 2.05) is 0 Å². The van der Waals surface area contributed by atoms with Crippen molar-refractivity contribution in [1.82, 2.24) is 9.80 Å². The number of aliphatic hydroxyl groups is 2. The van der Waals surface area contributed by atoms with Crippen LogP contribution in [0.3, 0.4) is 0 Å². The highest BCUT2D eigenvalue weighted by molar-refractivity contribution is 6.31. The molecule has 2 aromatic rings. The van der Waals surface area contributed by atoms with E-state index in [9.17, 15) is 29.4 Å². The molecule has 1 spiro atoms. The number of hydrogen-bond acceptors (Lipinski definition) is 9. The fraction of sp³-hybridized carbons (Fsp3) is 0.484. The summed E-state index contributed by atoms with van der Waals surface area (Å²) in [5.74, 6) is -5.12. The molecule has 5 rings (SSSR count). The number of likely N-dealkylation sites (tertiary alicyclic amines) is 2. The van der Waals surface area contributed by atoms with Gasteiger partial charge in [0.1, 0.15) is 5.75 Å². The maximum absolute atomic E-state index is 13.2. The summed E-state index contributed by atoms with van der Waals surface area (Å²) in [7, 11) is 0. The zero-order valence-corrected chi connectivity index (χ0v) is 25.2. The number of carbonyl (C=O) groups is 4. The molecule has 2 fully saturated rings. The number of carboxylic acid groups (broad SMARTS) is 3. The number of rotatable bonds is 10. The maximum atomic E-state index is 13.2. The van der Waals surface area contributed by atoms with Crippen molar-refractivity contribution in [3.63, 3.8) is 0 Å². The average molecular weight is 649 g/mol. The first-order valence-corrected chi connectivity index (χ1v) is 14.9. The molecule has 3 heterocycles. The van der Waals surface area contributed by atoms with Crippen LogP contribution in [0.15, 0.2) is 42.5 Å². The number of ether oxygens (including phenoxy) is 1. The minimum absolute atomic E-state index is 0.0393. The van der Waals surface area contributed by atoms with Gasteiger partial charge in [0.05, 0.1) is 37.1 Å². The van der Waals surface area contributed by atoms with Crippen LogP contribution in [0.25, 0.3) is 0 Å². The molecule has 0 bridgehead atoms. The molecule has 0 saturated carbocycles. The van der Waals surface area contributed by atoms with Gasteiger partial charge in [-0.1, -0.05) is 35.9 Å². The molecule has 2 saturated heterocycles. The van der Waals surface area contributed by atoms with Gasteiger partial charge in [0.15, 0.2) is 5.60 Å². The Balaban J connectivity index is 0.000000302. The van der Waals surface area contributed by atoms with Crippen LogP contribution < -0.4 is 0 Å². The van der Waals surface area contributed by atoms with Gasteiger partial charge in [-0.3, -0.25) is 14.4 Å². The second-order valence-corrected chi connectivity index (χ2v) is 12.2. The topological polar surface area (TPSA) is 205 Å². The second kappa shape index (κ2) is 14.1. The molecule has 13 nitrogen and oxygen atoms in total. The Labute approximate surface area is 264 Å². The largest absolute Gasteiger partial charge is 0.508 e. The van der Waals surface area contributed by atoms with Crippen molar-refractivity contribution < 1.29 is 54.6 Å². The highest BCUT2D eigenvalue weighted by Crippen LogP contribution is 2.44. The van der Waals surface area contributed by atoms with E-state index in [1.54, 1.807) is 23.1 Å². The van der Waals surface area contributed by atoms with Crippen LogP contribution in [0.1, 0.15) is 42.4 Å². The van der Waals surface area contributed by atoms with Gasteiger partial charge in [-0.25, -0.2) is 4.79 Å². The quantitative estimate of drug-likeness (QED) is 0.218. The normalized spacial score (nSPS) is 18.3. The Morgan fingerprint density at radius 1 is 1.00 bits per heavy atom. The van der Waals surface area contributed by atoms with Crippen molar-refractivity contribution in [1.29, 1.82) is 0 Å². The molecule has 3 aliphatic rings. The van der Waals surface area contributed by atoms with E-state index >= 15 is 0 Å². The second-order valence-electron chi connectivity index (χ2n) is 11.8. The number of halogens is 1. The average Bonchev–Trinajstić information content (AvgIpc) is 3.31. The molecule has 14 heteroatoms. The van der Waals surface area contributed by atoms with E-state index < -0.39 is 42.5 Å². The Morgan fingerprint density at radius 2 is 1.62 bits per heavy atom. The molecule has 0 aromatic heterocycles. The van der Waals surface area contributed by atoms with Crippen LogP contribution in [0.2, 0.25) is 5.02 Å². The van der Waals surface area contributed by atoms with Crippen molar-refractivity contribution in [3.8, 4) is 5.75 Å². The van der Waals surface area contributed by atoms with Crippen LogP contribution in [0.4, 0.5) is 0 Å². The third-order valence-electron chi connectivity index (χ3n) is 8.46. The fourth-order valence-electron chi connectivity index (χ4n) is 6.03. The number of amides is 1. The zero-order chi connectivity index (χ0) is 32.9. The van der Waals surface area contributed by atoms with Gasteiger partial charge in [-0.15, -0.1) is 0 Å². The summed E-state index contributed by atoms with van der Waals surface area (Å²) in [6.07, 6.45) is -0.456. The zero-order valence-electron chi connectivity index (χ0n) is 24.5. The van der Waals surface area contributed by atoms with E-state index in [-0.39, 0.29) is 23.2 Å². The smallest absolute Gasteiger partial charge is 0.336 e. The molecule has 45 heavy (non-hydrogen) atoms. The molecule has 0 radical (unpaired) electrons. The van der Waals surface area contributed by atoms with Gasteiger partial charge in [0.25, 0.3) is 0 Å². The lowest BCUT2D eigenvalue weighted by Crippen LogP contribution is -2.57. The number of aliphatic hydroxyl groups excluding tert-OH is 1. The summed E-state index contributed by atoms with van der Waals surface area (Å²) in [6.45, 7) is 3.77. The first kappa shape index (κ1) is 34.1. The number of aliphatic carboxylic acids is 3. The molecule has 1 atom stereocenters. The third-order valence-corrected chi connectivity index (χ3v) is 8.83. The Hall–Kier alpha value is -3.75. The summed E-state index contributed by atoms with van der Waals surface area (Å²) in [6, 6.07) is 13.3. The minimum atomic E-state index is -2.74. The highest BCUT2D eigenvalue weighted by atomic mass is 35.5. The third kappa shape index (κ3) is 8.30. The molecular weight excluding hydrogens is 612 g/mol. The summed E-state index contributed by atoms with van der Waals surface area (Å²) < 4.78 is 6.28. The Kier molecular flexibility index (Phi) is 10.7. The molecule has 244 valence electrons. The summed E-state index contributed by atoms with van der Waals surface area (Å²) in [4.78, 5) is 47.8. The monoisotopic (exact) mass is 648 g/mol. The van der Waals surface area contributed by atoms with Gasteiger partial charge in [-0.05, 0) is 54.2 Å². The van der Waals surface area contributed by atoms with Crippen LogP contribution in [-0.4, -0.2) is 109 Å². The van der Waals surface area contributed by atoms with Crippen molar-refractivity contribution in [2.45, 2.75) is 56.0 Å². The number of carboxylic acids is 3. The number of β-amino-alcohol motifs (C(OH)–C–C–N with tert-alkyl or cyclic N) is 1. The SMILES string of the molecule is O=C(C(Cc1cc(O)ccc1Cl)CN1CCC2(CC1)OCc1ccccc12)N1CC(O)C1.O=C(O)CC(O)(CC(=O)O)C(=O)O. The predicted octanol–water partition coefficient (Wildman–Crippen LogP) is 1.68. The number of aromatic hydroxyl groups is 1. The highest BCUT2D eigenvalue weighted by Gasteiger charge is 2.44. The van der Waals surface area contributed by atoms with Crippen LogP contribution in [0, 0.1) is 5.92 Å². The first-order chi connectivity index (χ1) is 21.2. The van der Waals surface area contributed by atoms with Crippen LogP contribution in [-0.2, 0) is 42.5 Å². The maximum Gasteiger partial charge on any atom is 0.336 e. The number of phenolic OH excluding ortho intramolecular Hbond substituents is 1. The molecule has 1 unspecified atom stereocenters. The van der Waals surface area contributed by atoms with Crippen molar-refractivity contribution >= 4 is 35.4 Å². The van der Waals surface area contributed by atoms with Gasteiger partial charge in [-0.2, -0.15) is 0 Å². The number of piperidine rings is 1. The summed E-state index contributed by atoms with van der Waals surface area (Å²) in [5.41, 5.74) is 0.422. The molecule has 2 aromatic carbocycles. The summed E-state index contributed by atoms with van der Waals surface area (Å²) >= 11 is 6.36. The van der Waals surface area contributed by atoms with E-state index in [4.69, 9.17) is 36.8 Å². The van der Waals surface area contributed by atoms with Gasteiger partial charge < -0.3 is 45.2 Å². The number of nitrogens with zero attached hydrogens (tertiary/aromatic N) is 2. The number of benzene rings is 2. The Morgan fingerprint density at radius 3 is 2.20 bits per heavy atom. The molecule has 0 aliphatic carbocycles. The minimum Gasteiger partial charge on any atom is -0.508 e. The first-order valence-electron chi connectivity index (χ1n) is 14.5. The van der Waals surface area contributed by atoms with Crippen molar-refractivity contribution in [3.05, 3.63) is 64.2 Å². The lowest BCUT2D eigenvalue weighted by Gasteiger charge is -2.42. The van der Waals surface area contributed by atoms with E-state index in [0.29, 0.717) is 37.7 Å². The predicted molar refractivity (Wildman–Crippen MR) is 159 cm³/mol. The molecule has 6 N–H and O–H groups in total. The van der Waals surface area contributed by atoms with Crippen LogP contribution >= 0.6 is 11.6 Å². The van der Waals surface area contributed by atoms with E-state index in [2.05, 4.69) is 29.2 Å².